The average Bonchev–Trinajstić information content (AvgIpc) is 3.38. The van der Waals surface area contributed by atoms with Crippen LogP contribution in [0.4, 0.5) is 0 Å². The van der Waals surface area contributed by atoms with Crippen molar-refractivity contribution in [3.8, 4) is 22.5 Å². The summed E-state index contributed by atoms with van der Waals surface area (Å²) in [5, 5.41) is 19.1. The lowest BCUT2D eigenvalue weighted by Crippen LogP contribution is -2.36. The van der Waals surface area contributed by atoms with Crippen molar-refractivity contribution in [1.82, 2.24) is 35.0 Å². The van der Waals surface area contributed by atoms with Gasteiger partial charge in [0, 0.05) is 12.0 Å². The van der Waals surface area contributed by atoms with E-state index in [1.165, 1.54) is 0 Å². The van der Waals surface area contributed by atoms with Gasteiger partial charge >= 0.3 is 5.69 Å². The molecule has 0 fully saturated rings. The van der Waals surface area contributed by atoms with Gasteiger partial charge in [0.2, 0.25) is 5.82 Å². The molecule has 4 rings (SSSR count). The Balaban J connectivity index is 1.66. The van der Waals surface area contributed by atoms with Gasteiger partial charge in [0.05, 0.1) is 12.1 Å². The fraction of sp³-hybridized carbons (Fsp3) is 0.375. The Bertz CT molecular complexity index is 1240. The molecule has 32 heavy (non-hydrogen) atoms. The molecule has 0 aliphatic rings. The molecular formula is C24H29N7O. The minimum atomic E-state index is -0.364. The van der Waals surface area contributed by atoms with E-state index in [1.54, 1.807) is 9.25 Å². The molecule has 0 atom stereocenters. The van der Waals surface area contributed by atoms with Crippen LogP contribution in [-0.2, 0) is 18.5 Å². The van der Waals surface area contributed by atoms with Crippen LogP contribution in [0.15, 0.2) is 53.3 Å². The van der Waals surface area contributed by atoms with Crippen molar-refractivity contribution in [3.05, 3.63) is 70.4 Å². The van der Waals surface area contributed by atoms with Gasteiger partial charge in [-0.3, -0.25) is 4.57 Å². The van der Waals surface area contributed by atoms with Gasteiger partial charge < -0.3 is 0 Å². The largest absolute Gasteiger partial charge is 0.346 e. The molecule has 8 nitrogen and oxygen atoms in total. The summed E-state index contributed by atoms with van der Waals surface area (Å²) in [6, 6.07) is 16.2. The molecule has 0 radical (unpaired) electrons. The van der Waals surface area contributed by atoms with E-state index in [0.717, 1.165) is 34.5 Å². The van der Waals surface area contributed by atoms with Crippen LogP contribution < -0.4 is 5.69 Å². The van der Waals surface area contributed by atoms with Crippen molar-refractivity contribution in [2.24, 2.45) is 5.92 Å². The molecule has 0 aliphatic heterocycles. The van der Waals surface area contributed by atoms with Crippen LogP contribution in [0.3, 0.4) is 0 Å². The summed E-state index contributed by atoms with van der Waals surface area (Å²) in [6.45, 7) is 10.8. The normalized spacial score (nSPS) is 11.9. The number of aromatic nitrogens is 7. The maximum Gasteiger partial charge on any atom is 0.346 e. The van der Waals surface area contributed by atoms with E-state index in [9.17, 15) is 4.79 Å². The number of benzene rings is 2. The van der Waals surface area contributed by atoms with E-state index in [2.05, 4.69) is 63.8 Å². The van der Waals surface area contributed by atoms with Crippen molar-refractivity contribution < 1.29 is 0 Å². The lowest BCUT2D eigenvalue weighted by Gasteiger charge is -2.17. The third-order valence-corrected chi connectivity index (χ3v) is 5.28. The molecule has 8 heteroatoms. The van der Waals surface area contributed by atoms with Gasteiger partial charge in [-0.05, 0) is 48.6 Å². The molecule has 4 aromatic rings. The lowest BCUT2D eigenvalue weighted by molar-refractivity contribution is 0.339. The van der Waals surface area contributed by atoms with Crippen molar-refractivity contribution in [3.63, 3.8) is 0 Å². The number of tetrazole rings is 1. The van der Waals surface area contributed by atoms with E-state index in [4.69, 9.17) is 0 Å². The predicted molar refractivity (Wildman–Crippen MR) is 124 cm³/mol. The van der Waals surface area contributed by atoms with Crippen LogP contribution in [0.1, 0.15) is 46.0 Å². The summed E-state index contributed by atoms with van der Waals surface area (Å²) in [5.41, 5.74) is 3.60. The van der Waals surface area contributed by atoms with Crippen LogP contribution >= 0.6 is 0 Å². The van der Waals surface area contributed by atoms with Crippen LogP contribution in [0, 0.1) is 5.92 Å². The molecule has 0 bridgehead atoms. The van der Waals surface area contributed by atoms with Crippen molar-refractivity contribution in [2.75, 3.05) is 0 Å². The van der Waals surface area contributed by atoms with Crippen LogP contribution in [-0.4, -0.2) is 35.0 Å². The maximum atomic E-state index is 13.1. The summed E-state index contributed by atoms with van der Waals surface area (Å²) >= 11 is 0. The summed E-state index contributed by atoms with van der Waals surface area (Å²) in [4.78, 5) is 13.1. The number of nitrogens with zero attached hydrogens (tertiary/aromatic N) is 6. The second-order valence-electron chi connectivity index (χ2n) is 9.44. The number of aromatic amines is 1. The van der Waals surface area contributed by atoms with Gasteiger partial charge in [-0.1, -0.05) is 62.4 Å². The van der Waals surface area contributed by atoms with Gasteiger partial charge in [0.1, 0.15) is 5.82 Å². The highest BCUT2D eigenvalue weighted by Gasteiger charge is 2.23. The summed E-state index contributed by atoms with van der Waals surface area (Å²) < 4.78 is 3.40. The van der Waals surface area contributed by atoms with E-state index in [1.807, 2.05) is 45.0 Å². The number of rotatable bonds is 6. The van der Waals surface area contributed by atoms with Crippen molar-refractivity contribution >= 4 is 0 Å². The van der Waals surface area contributed by atoms with Gasteiger partial charge in [-0.2, -0.15) is 10.3 Å². The molecule has 0 saturated carbocycles. The Morgan fingerprint density at radius 2 is 1.69 bits per heavy atom. The first-order valence-corrected chi connectivity index (χ1v) is 10.9. The monoisotopic (exact) mass is 431 g/mol. The molecule has 0 saturated heterocycles. The highest BCUT2D eigenvalue weighted by atomic mass is 16.2. The quantitative estimate of drug-likeness (QED) is 0.500. The Morgan fingerprint density at radius 3 is 2.28 bits per heavy atom. The number of H-pyrrole nitrogens is 1. The van der Waals surface area contributed by atoms with Gasteiger partial charge in [0.25, 0.3) is 0 Å². The zero-order chi connectivity index (χ0) is 22.9. The molecule has 0 spiro atoms. The minimum absolute atomic E-state index is 0.0697. The summed E-state index contributed by atoms with van der Waals surface area (Å²) in [5.74, 6) is 1.79. The zero-order valence-electron chi connectivity index (χ0n) is 19.2. The zero-order valence-corrected chi connectivity index (χ0v) is 19.2. The molecule has 0 amide bonds. The smallest absolute Gasteiger partial charge is 0.274 e. The average molecular weight is 432 g/mol. The fourth-order valence-electron chi connectivity index (χ4n) is 3.73. The number of hydrogen-bond donors (Lipinski definition) is 1. The van der Waals surface area contributed by atoms with E-state index >= 15 is 0 Å². The molecule has 1 N–H and O–H groups in total. The SMILES string of the molecule is CC(C)Cc1nn(C(C)(C)C)c(=O)n1Cc1ccc(-c2ccccc2-c2nn[nH]n2)cc1. The van der Waals surface area contributed by atoms with E-state index in [0.29, 0.717) is 18.3 Å². The molecule has 0 aliphatic carbocycles. The summed E-state index contributed by atoms with van der Waals surface area (Å²) in [6.07, 6.45) is 0.758. The third-order valence-electron chi connectivity index (χ3n) is 5.28. The Morgan fingerprint density at radius 1 is 1.00 bits per heavy atom. The second-order valence-corrected chi connectivity index (χ2v) is 9.44. The Kier molecular flexibility index (Phi) is 5.78. The van der Waals surface area contributed by atoms with Crippen molar-refractivity contribution in [2.45, 2.75) is 53.1 Å². The van der Waals surface area contributed by atoms with Gasteiger partial charge in [-0.25, -0.2) is 9.48 Å². The topological polar surface area (TPSA) is 94.3 Å². The molecule has 166 valence electrons. The number of hydrogen-bond acceptors (Lipinski definition) is 5. The molecule has 2 aromatic carbocycles. The molecule has 2 aromatic heterocycles. The molecule has 2 heterocycles. The van der Waals surface area contributed by atoms with Crippen LogP contribution in [0.5, 0.6) is 0 Å². The Labute approximate surface area is 187 Å². The third kappa shape index (κ3) is 4.39. The van der Waals surface area contributed by atoms with Crippen LogP contribution in [0.25, 0.3) is 22.5 Å². The second kappa shape index (κ2) is 8.53. The highest BCUT2D eigenvalue weighted by Crippen LogP contribution is 2.29. The summed E-state index contributed by atoms with van der Waals surface area (Å²) in [7, 11) is 0. The lowest BCUT2D eigenvalue weighted by atomic mass is 9.98. The fourth-order valence-corrected chi connectivity index (χ4v) is 3.73. The predicted octanol–water partition coefficient (Wildman–Crippen LogP) is 3.89. The van der Waals surface area contributed by atoms with E-state index in [-0.39, 0.29) is 11.2 Å². The maximum absolute atomic E-state index is 13.1. The van der Waals surface area contributed by atoms with Crippen molar-refractivity contribution in [1.29, 1.82) is 0 Å². The molecule has 0 unspecified atom stereocenters. The first-order valence-electron chi connectivity index (χ1n) is 10.9. The first-order chi connectivity index (χ1) is 15.2. The highest BCUT2D eigenvalue weighted by molar-refractivity contribution is 5.80. The molecular weight excluding hydrogens is 402 g/mol. The first kappa shape index (κ1) is 21.7. The number of nitrogens with one attached hydrogen (secondary N) is 1. The van der Waals surface area contributed by atoms with Gasteiger partial charge in [-0.15, -0.1) is 10.2 Å². The van der Waals surface area contributed by atoms with Gasteiger partial charge in [0.15, 0.2) is 0 Å². The Hall–Kier alpha value is -3.55. The van der Waals surface area contributed by atoms with E-state index < -0.39 is 0 Å². The van der Waals surface area contributed by atoms with Crippen LogP contribution in [0.2, 0.25) is 0 Å². The standard InChI is InChI=1S/C24H29N7O/c1-16(2)14-21-27-31(24(3,4)5)23(32)30(21)15-17-10-12-18(13-11-17)19-8-6-7-9-20(19)22-25-28-29-26-22/h6-13,16H,14-15H2,1-5H3,(H,25,26,28,29). The minimum Gasteiger partial charge on any atom is -0.274 e.